The van der Waals surface area contributed by atoms with Gasteiger partial charge in [0.25, 0.3) is 0 Å². The predicted molar refractivity (Wildman–Crippen MR) is 144 cm³/mol. The van der Waals surface area contributed by atoms with Crippen LogP contribution in [0.4, 0.5) is 22.0 Å². The Kier molecular flexibility index (Phi) is 7.84. The maximum absolute atomic E-state index is 14.4. The van der Waals surface area contributed by atoms with E-state index in [1.54, 1.807) is 6.07 Å². The third-order valence-electron chi connectivity index (χ3n) is 7.23. The van der Waals surface area contributed by atoms with Gasteiger partial charge in [0, 0.05) is 18.2 Å². The van der Waals surface area contributed by atoms with Gasteiger partial charge < -0.3 is 14.4 Å². The van der Waals surface area contributed by atoms with Gasteiger partial charge in [-0.05, 0) is 55.4 Å². The maximum Gasteiger partial charge on any atom is 0.417 e. The van der Waals surface area contributed by atoms with E-state index < -0.39 is 35.4 Å². The summed E-state index contributed by atoms with van der Waals surface area (Å²) in [6, 6.07) is 7.42. The van der Waals surface area contributed by atoms with Gasteiger partial charge in [0.05, 0.1) is 30.1 Å². The number of aliphatic hydroxyl groups is 1. The molecule has 9 nitrogen and oxygen atoms in total. The lowest BCUT2D eigenvalue weighted by molar-refractivity contribution is -0.147. The van der Waals surface area contributed by atoms with Gasteiger partial charge in [-0.3, -0.25) is 0 Å². The van der Waals surface area contributed by atoms with Crippen LogP contribution in [0.1, 0.15) is 54.5 Å². The molecule has 1 saturated carbocycles. The molecule has 0 amide bonds. The van der Waals surface area contributed by atoms with Gasteiger partial charge in [-0.2, -0.15) is 18.3 Å². The number of unbranched alkanes of at least 4 members (excludes halogenated alkanes) is 1. The third kappa shape index (κ3) is 5.89. The van der Waals surface area contributed by atoms with Crippen molar-refractivity contribution in [1.29, 1.82) is 0 Å². The van der Waals surface area contributed by atoms with Crippen LogP contribution in [0, 0.1) is 11.6 Å². The molecule has 1 fully saturated rings. The molecule has 0 bridgehead atoms. The van der Waals surface area contributed by atoms with Crippen LogP contribution in [0.2, 0.25) is 0 Å². The first kappa shape index (κ1) is 29.4. The van der Waals surface area contributed by atoms with Gasteiger partial charge in [0.2, 0.25) is 6.04 Å². The van der Waals surface area contributed by atoms with Crippen molar-refractivity contribution >= 4 is 5.97 Å². The van der Waals surface area contributed by atoms with E-state index in [1.807, 2.05) is 0 Å². The maximum atomic E-state index is 14.4. The number of alkyl halides is 3. The Labute approximate surface area is 246 Å². The standard InChI is InChI=1S/C30H24F5N5O4/c31-21-5-3-4-19(26(21)32)28-37-23-14-36-40(15-24(23)38-28)27(29(42)43-11-2-1-10-41)25-13-22(39-44-25)18-9-8-17(16-6-7-16)12-20(18)30(33,34)35/h3-5,8-9,12-16,27,41H,1-2,6-7,10-11H2. The molecule has 1 N–H and O–H groups in total. The number of aliphatic hydroxyl groups excluding tert-OH is 1. The number of imidazole rings is 1. The zero-order chi connectivity index (χ0) is 31.0. The quantitative estimate of drug-likeness (QED) is 0.113. The molecular weight excluding hydrogens is 589 g/mol. The summed E-state index contributed by atoms with van der Waals surface area (Å²) in [6.45, 7) is -0.163. The van der Waals surface area contributed by atoms with E-state index in [1.165, 1.54) is 36.7 Å². The van der Waals surface area contributed by atoms with Gasteiger partial charge >= 0.3 is 12.1 Å². The van der Waals surface area contributed by atoms with Crippen LogP contribution >= 0.6 is 0 Å². The molecule has 1 aromatic heterocycles. The first-order valence-corrected chi connectivity index (χ1v) is 13.8. The summed E-state index contributed by atoms with van der Waals surface area (Å²) < 4.78 is 82.3. The molecule has 0 radical (unpaired) electrons. The number of esters is 1. The number of aromatic nitrogens is 5. The van der Waals surface area contributed by atoms with Crippen molar-refractivity contribution in [2.75, 3.05) is 13.2 Å². The fourth-order valence-corrected chi connectivity index (χ4v) is 4.83. The monoisotopic (exact) mass is 613 g/mol. The van der Waals surface area contributed by atoms with Crippen LogP contribution in [0.25, 0.3) is 34.0 Å². The second-order valence-corrected chi connectivity index (χ2v) is 10.4. The number of hydrogen-bond acceptors (Lipinski definition) is 8. The van der Waals surface area contributed by atoms with Crippen molar-refractivity contribution in [1.82, 2.24) is 24.9 Å². The average molecular weight is 614 g/mol. The lowest BCUT2D eigenvalue weighted by Crippen LogP contribution is -2.25. The van der Waals surface area contributed by atoms with Gasteiger partial charge in [-0.1, -0.05) is 23.4 Å². The largest absolute Gasteiger partial charge is 0.464 e. The molecule has 3 aliphatic rings. The van der Waals surface area contributed by atoms with Crippen LogP contribution < -0.4 is 0 Å². The Morgan fingerprint density at radius 3 is 2.59 bits per heavy atom. The minimum Gasteiger partial charge on any atom is -0.464 e. The average Bonchev–Trinajstić information content (AvgIpc) is 3.59. The van der Waals surface area contributed by atoms with Gasteiger partial charge in [0.15, 0.2) is 23.2 Å². The number of carbonyl (C=O) groups excluding carboxylic acids is 1. The molecule has 228 valence electrons. The van der Waals surface area contributed by atoms with Crippen molar-refractivity contribution in [3.63, 3.8) is 0 Å². The van der Waals surface area contributed by atoms with Crippen LogP contribution in [0.5, 0.6) is 0 Å². The molecule has 14 heteroatoms. The highest BCUT2D eigenvalue weighted by Crippen LogP contribution is 2.45. The van der Waals surface area contributed by atoms with Gasteiger partial charge in [-0.15, -0.1) is 0 Å². The number of benzene rings is 2. The molecule has 3 heterocycles. The molecule has 1 aliphatic carbocycles. The van der Waals surface area contributed by atoms with Crippen molar-refractivity contribution in [2.24, 2.45) is 0 Å². The highest BCUT2D eigenvalue weighted by atomic mass is 19.4. The minimum absolute atomic E-state index is 0.0558. The van der Waals surface area contributed by atoms with Crippen LogP contribution in [0.15, 0.2) is 59.4 Å². The highest BCUT2D eigenvalue weighted by Gasteiger charge is 2.37. The van der Waals surface area contributed by atoms with Crippen molar-refractivity contribution in [3.05, 3.63) is 83.4 Å². The van der Waals surface area contributed by atoms with Crippen LogP contribution in [-0.4, -0.2) is 49.2 Å². The topological polar surface area (TPSA) is 116 Å². The number of hydrogen-bond donors (Lipinski definition) is 1. The lowest BCUT2D eigenvalue weighted by Gasteiger charge is -2.16. The Balaban J connectivity index is 1.38. The number of fused-ring (bicyclic) bond motifs is 1. The number of ether oxygens (including phenoxy) is 1. The lowest BCUT2D eigenvalue weighted by atomic mass is 9.98. The van der Waals surface area contributed by atoms with Crippen molar-refractivity contribution in [3.8, 4) is 34.0 Å². The van der Waals surface area contributed by atoms with E-state index in [0.29, 0.717) is 18.4 Å². The van der Waals surface area contributed by atoms with Gasteiger partial charge in [0.1, 0.15) is 17.1 Å². The third-order valence-corrected chi connectivity index (χ3v) is 7.23. The van der Waals surface area contributed by atoms with E-state index in [-0.39, 0.29) is 58.9 Å². The molecular formula is C30H24F5N5O4. The minimum atomic E-state index is -4.67. The molecule has 1 unspecified atom stereocenters. The SMILES string of the molecule is O=C(OCCCCO)C(c1cc(-c2ccc(C3CC3)cc2C(F)(F)F)no1)n1cc2nc(-c3cccc(F)c3F)nc-2cn1. The summed E-state index contributed by atoms with van der Waals surface area (Å²) in [5, 5.41) is 17.1. The molecule has 2 aromatic carbocycles. The smallest absolute Gasteiger partial charge is 0.417 e. The summed E-state index contributed by atoms with van der Waals surface area (Å²) in [4.78, 5) is 21.8. The predicted octanol–water partition coefficient (Wildman–Crippen LogP) is 6.18. The summed E-state index contributed by atoms with van der Waals surface area (Å²) in [5.74, 6) is -3.26. The van der Waals surface area contributed by atoms with Crippen LogP contribution in [0.3, 0.4) is 0 Å². The second-order valence-electron chi connectivity index (χ2n) is 10.4. The first-order valence-electron chi connectivity index (χ1n) is 13.8. The number of halogens is 5. The zero-order valence-electron chi connectivity index (χ0n) is 22.9. The normalized spacial score (nSPS) is 14.2. The van der Waals surface area contributed by atoms with Gasteiger partial charge in [-0.25, -0.2) is 28.2 Å². The van der Waals surface area contributed by atoms with Crippen LogP contribution in [-0.2, 0) is 15.7 Å². The molecule has 44 heavy (non-hydrogen) atoms. The molecule has 0 saturated heterocycles. The van der Waals surface area contributed by atoms with E-state index in [4.69, 9.17) is 14.4 Å². The molecule has 0 spiro atoms. The molecule has 1 atom stereocenters. The Morgan fingerprint density at radius 1 is 1.05 bits per heavy atom. The molecule has 3 aromatic rings. The van der Waals surface area contributed by atoms with E-state index in [9.17, 15) is 26.7 Å². The Bertz CT molecular complexity index is 1780. The summed E-state index contributed by atoms with van der Waals surface area (Å²) in [7, 11) is 0. The zero-order valence-corrected chi connectivity index (χ0v) is 22.9. The first-order chi connectivity index (χ1) is 21.1. The molecule has 2 aliphatic heterocycles. The second kappa shape index (κ2) is 11.8. The van der Waals surface area contributed by atoms with Crippen molar-refractivity contribution in [2.45, 2.75) is 43.8 Å². The number of carbonyl (C=O) groups is 1. The highest BCUT2D eigenvalue weighted by molar-refractivity contribution is 5.78. The number of nitrogens with zero attached hydrogens (tertiary/aromatic N) is 5. The summed E-state index contributed by atoms with van der Waals surface area (Å²) >= 11 is 0. The Morgan fingerprint density at radius 2 is 1.84 bits per heavy atom. The van der Waals surface area contributed by atoms with E-state index >= 15 is 0 Å². The fourth-order valence-electron chi connectivity index (χ4n) is 4.83. The summed E-state index contributed by atoms with van der Waals surface area (Å²) in [5.41, 5.74) is -0.460. The Hall–Kier alpha value is -4.72. The van der Waals surface area contributed by atoms with E-state index in [0.717, 1.165) is 29.7 Å². The van der Waals surface area contributed by atoms with Crippen molar-refractivity contribution < 1.29 is 41.1 Å². The molecule has 6 rings (SSSR count). The summed E-state index contributed by atoms with van der Waals surface area (Å²) in [6.07, 6.45) is 0.262. The van der Waals surface area contributed by atoms with E-state index in [2.05, 4.69) is 20.2 Å². The fraction of sp³-hybridized carbons (Fsp3) is 0.300. The number of rotatable bonds is 10.